The Hall–Kier alpha value is -1.14. The molecule has 0 aromatic rings. The van der Waals surface area contributed by atoms with Gasteiger partial charge in [0, 0.05) is 12.8 Å². The summed E-state index contributed by atoms with van der Waals surface area (Å²) in [6.45, 7) is 5.02. The second kappa shape index (κ2) is 74.3. The van der Waals surface area contributed by atoms with Crippen LogP contribution in [0.1, 0.15) is 463 Å². The number of carbonyl (C=O) groups excluding carboxylic acids is 2. The van der Waals surface area contributed by atoms with Gasteiger partial charge in [0.2, 0.25) is 5.91 Å². The summed E-state index contributed by atoms with van der Waals surface area (Å²) in [6, 6.07) is -0.538. The molecule has 6 heteroatoms. The molecule has 0 bridgehead atoms. The highest BCUT2D eigenvalue weighted by atomic mass is 16.5. The second-order valence-corrected chi connectivity index (χ2v) is 27.4. The van der Waals surface area contributed by atoms with Crippen LogP contribution in [0, 0.1) is 0 Å². The Morgan fingerprint density at radius 1 is 0.286 bits per heavy atom. The zero-order chi connectivity index (χ0) is 60.6. The maximum atomic E-state index is 12.6. The number of esters is 1. The van der Waals surface area contributed by atoms with E-state index in [0.717, 1.165) is 38.5 Å². The van der Waals surface area contributed by atoms with Crippen LogP contribution < -0.4 is 5.32 Å². The smallest absolute Gasteiger partial charge is 0.305 e. The van der Waals surface area contributed by atoms with E-state index in [9.17, 15) is 19.8 Å². The van der Waals surface area contributed by atoms with Crippen molar-refractivity contribution in [3.63, 3.8) is 0 Å². The molecule has 84 heavy (non-hydrogen) atoms. The number of amides is 1. The molecule has 0 aliphatic heterocycles. The highest BCUT2D eigenvalue weighted by molar-refractivity contribution is 5.76. The van der Waals surface area contributed by atoms with E-state index in [1.54, 1.807) is 0 Å². The molecule has 6 nitrogen and oxygen atoms in total. The Morgan fingerprint density at radius 2 is 0.488 bits per heavy atom. The van der Waals surface area contributed by atoms with Gasteiger partial charge in [-0.05, 0) is 25.7 Å². The molecule has 3 N–H and O–H groups in total. The lowest BCUT2D eigenvalue weighted by molar-refractivity contribution is -0.143. The van der Waals surface area contributed by atoms with Crippen molar-refractivity contribution in [2.75, 3.05) is 13.2 Å². The van der Waals surface area contributed by atoms with Crippen LogP contribution in [0.3, 0.4) is 0 Å². The van der Waals surface area contributed by atoms with E-state index in [0.29, 0.717) is 25.9 Å². The van der Waals surface area contributed by atoms with E-state index in [1.807, 2.05) is 0 Å². The number of ether oxygens (including phenoxy) is 1. The number of aliphatic hydroxyl groups is 2. The van der Waals surface area contributed by atoms with Crippen LogP contribution in [0.15, 0.2) is 0 Å². The van der Waals surface area contributed by atoms with E-state index in [-0.39, 0.29) is 18.5 Å². The summed E-state index contributed by atoms with van der Waals surface area (Å²) in [5.41, 5.74) is 0. The number of hydrogen-bond acceptors (Lipinski definition) is 5. The predicted octanol–water partition coefficient (Wildman–Crippen LogP) is 25.7. The Morgan fingerprint density at radius 3 is 0.726 bits per heavy atom. The maximum absolute atomic E-state index is 12.6. The highest BCUT2D eigenvalue weighted by Crippen LogP contribution is 2.21. The van der Waals surface area contributed by atoms with E-state index in [4.69, 9.17) is 4.74 Å². The largest absolute Gasteiger partial charge is 0.466 e. The van der Waals surface area contributed by atoms with E-state index < -0.39 is 12.1 Å². The number of aliphatic hydroxyl groups excluding tert-OH is 2. The Bertz CT molecular complexity index is 1230. The normalized spacial score (nSPS) is 12.4. The molecule has 0 aliphatic rings. The van der Waals surface area contributed by atoms with Crippen molar-refractivity contribution in [3.8, 4) is 0 Å². The summed E-state index contributed by atoms with van der Waals surface area (Å²) < 4.78 is 5.51. The standard InChI is InChI=1S/C78H155NO5/c1-3-5-7-9-11-13-15-17-19-21-22-36-39-42-46-50-54-58-62-66-70-76(81)75(74-80)79-77(82)71-67-63-59-55-51-47-43-40-37-34-32-30-28-26-24-23-25-27-29-31-33-35-38-41-45-49-53-57-61-65-69-73-84-78(83)72-68-64-60-56-52-48-44-20-18-16-14-12-10-8-6-4-2/h75-76,80-81H,3-74H2,1-2H3,(H,79,82). The van der Waals surface area contributed by atoms with Gasteiger partial charge in [-0.3, -0.25) is 9.59 Å². The van der Waals surface area contributed by atoms with Crippen LogP contribution in [-0.2, 0) is 14.3 Å². The fourth-order valence-electron chi connectivity index (χ4n) is 12.9. The molecule has 502 valence electrons. The number of hydrogen-bond donors (Lipinski definition) is 3. The molecule has 2 unspecified atom stereocenters. The number of rotatable bonds is 75. The lowest BCUT2D eigenvalue weighted by Gasteiger charge is -2.22. The summed E-state index contributed by atoms with van der Waals surface area (Å²) in [5, 5.41) is 23.4. The van der Waals surface area contributed by atoms with Gasteiger partial charge in [0.05, 0.1) is 25.4 Å². The number of carbonyl (C=O) groups is 2. The van der Waals surface area contributed by atoms with Crippen LogP contribution in [0.2, 0.25) is 0 Å². The highest BCUT2D eigenvalue weighted by Gasteiger charge is 2.20. The molecule has 0 spiro atoms. The molecule has 1 amide bonds. The van der Waals surface area contributed by atoms with Gasteiger partial charge in [-0.25, -0.2) is 0 Å². The average Bonchev–Trinajstić information content (AvgIpc) is 3.50. The molecule has 0 saturated heterocycles. The summed E-state index contributed by atoms with van der Waals surface area (Å²) in [7, 11) is 0. The molecule has 0 rings (SSSR count). The molecule has 0 aromatic heterocycles. The summed E-state index contributed by atoms with van der Waals surface area (Å²) in [6.07, 6.45) is 91.9. The van der Waals surface area contributed by atoms with Gasteiger partial charge in [0.15, 0.2) is 0 Å². The quantitative estimate of drug-likeness (QED) is 0.0417. The average molecular weight is 1190 g/mol. The molecule has 0 aliphatic carbocycles. The van der Waals surface area contributed by atoms with Gasteiger partial charge in [-0.15, -0.1) is 0 Å². The SMILES string of the molecule is CCCCCCCCCCCCCCCCCCCCCCC(O)C(CO)NC(=O)CCCCCCCCCCCCCCCCCCCCCCCCCCCCCCCCCOC(=O)CCCCCCCCCCCCCCCCCC. The van der Waals surface area contributed by atoms with Crippen LogP contribution in [0.25, 0.3) is 0 Å². The Labute approximate surface area is 527 Å². The molecule has 0 heterocycles. The Balaban J connectivity index is 3.31. The topological polar surface area (TPSA) is 95.9 Å². The van der Waals surface area contributed by atoms with Gasteiger partial charge in [-0.1, -0.05) is 425 Å². The van der Waals surface area contributed by atoms with Gasteiger partial charge in [0.1, 0.15) is 0 Å². The first-order valence-corrected chi connectivity index (χ1v) is 39.3. The molecule has 0 radical (unpaired) electrons. The van der Waals surface area contributed by atoms with Crippen LogP contribution in [0.5, 0.6) is 0 Å². The first kappa shape index (κ1) is 82.9. The summed E-state index contributed by atoms with van der Waals surface area (Å²) in [4.78, 5) is 24.7. The minimum Gasteiger partial charge on any atom is -0.466 e. The van der Waals surface area contributed by atoms with Crippen molar-refractivity contribution in [2.45, 2.75) is 475 Å². The Kier molecular flexibility index (Phi) is 73.3. The zero-order valence-corrected chi connectivity index (χ0v) is 57.7. The van der Waals surface area contributed by atoms with Crippen molar-refractivity contribution < 1.29 is 24.5 Å². The third kappa shape index (κ3) is 70.0. The van der Waals surface area contributed by atoms with E-state index >= 15 is 0 Å². The van der Waals surface area contributed by atoms with Crippen molar-refractivity contribution in [1.82, 2.24) is 5.32 Å². The van der Waals surface area contributed by atoms with Gasteiger partial charge in [0.25, 0.3) is 0 Å². The third-order valence-corrected chi connectivity index (χ3v) is 18.9. The predicted molar refractivity (Wildman–Crippen MR) is 371 cm³/mol. The number of unbranched alkanes of at least 4 members (excludes halogenated alkanes) is 64. The van der Waals surface area contributed by atoms with Crippen LogP contribution in [-0.4, -0.2) is 47.4 Å². The van der Waals surface area contributed by atoms with Crippen molar-refractivity contribution in [3.05, 3.63) is 0 Å². The molecular formula is C78H155NO5. The van der Waals surface area contributed by atoms with Crippen LogP contribution in [0.4, 0.5) is 0 Å². The molecule has 0 aromatic carbocycles. The van der Waals surface area contributed by atoms with Gasteiger partial charge < -0.3 is 20.3 Å². The maximum Gasteiger partial charge on any atom is 0.305 e. The molecular weight excluding hydrogens is 1030 g/mol. The van der Waals surface area contributed by atoms with Gasteiger partial charge in [-0.2, -0.15) is 0 Å². The minimum atomic E-state index is -0.661. The lowest BCUT2D eigenvalue weighted by atomic mass is 10.0. The molecule has 2 atom stereocenters. The zero-order valence-electron chi connectivity index (χ0n) is 57.7. The van der Waals surface area contributed by atoms with Crippen molar-refractivity contribution in [1.29, 1.82) is 0 Å². The summed E-state index contributed by atoms with van der Waals surface area (Å²) in [5.74, 6) is 0.000782. The molecule has 0 saturated carbocycles. The second-order valence-electron chi connectivity index (χ2n) is 27.4. The number of nitrogens with one attached hydrogen (secondary N) is 1. The minimum absolute atomic E-state index is 0.0249. The molecule has 0 fully saturated rings. The van der Waals surface area contributed by atoms with Gasteiger partial charge >= 0.3 is 5.97 Å². The monoisotopic (exact) mass is 1190 g/mol. The fourth-order valence-corrected chi connectivity index (χ4v) is 12.9. The van der Waals surface area contributed by atoms with E-state index in [2.05, 4.69) is 19.2 Å². The lowest BCUT2D eigenvalue weighted by Crippen LogP contribution is -2.45. The first-order chi connectivity index (χ1) is 41.5. The van der Waals surface area contributed by atoms with E-state index in [1.165, 1.54) is 392 Å². The third-order valence-electron chi connectivity index (χ3n) is 18.9. The summed E-state index contributed by atoms with van der Waals surface area (Å²) >= 11 is 0. The first-order valence-electron chi connectivity index (χ1n) is 39.3. The fraction of sp³-hybridized carbons (Fsp3) is 0.974. The van der Waals surface area contributed by atoms with Crippen molar-refractivity contribution in [2.24, 2.45) is 0 Å². The van der Waals surface area contributed by atoms with Crippen molar-refractivity contribution >= 4 is 11.9 Å². The van der Waals surface area contributed by atoms with Crippen LogP contribution >= 0.6 is 0 Å².